The van der Waals surface area contributed by atoms with Gasteiger partial charge in [0.2, 0.25) is 0 Å². The van der Waals surface area contributed by atoms with E-state index in [0.717, 1.165) is 43.0 Å². The average Bonchev–Trinajstić information content (AvgIpc) is 3.09. The summed E-state index contributed by atoms with van der Waals surface area (Å²) in [5, 5.41) is 4.27. The smallest absolute Gasteiger partial charge is 0.254 e. The number of ketones is 1. The van der Waals surface area contributed by atoms with Gasteiger partial charge in [0.25, 0.3) is 5.78 Å². The van der Waals surface area contributed by atoms with E-state index in [1.54, 1.807) is 4.52 Å². The van der Waals surface area contributed by atoms with Crippen LogP contribution in [-0.2, 0) is 0 Å². The van der Waals surface area contributed by atoms with Crippen LogP contribution in [-0.4, -0.2) is 38.5 Å². The third-order valence-electron chi connectivity index (χ3n) is 4.61. The second kappa shape index (κ2) is 6.03. The summed E-state index contributed by atoms with van der Waals surface area (Å²) in [4.78, 5) is 23.4. The molecular formula is C18H19N5O. The fraction of sp³-hybridized carbons (Fsp3) is 0.333. The van der Waals surface area contributed by atoms with Crippen molar-refractivity contribution >= 4 is 17.4 Å². The van der Waals surface area contributed by atoms with Crippen LogP contribution in [0.1, 0.15) is 28.9 Å². The van der Waals surface area contributed by atoms with E-state index in [1.165, 1.54) is 6.33 Å². The Morgan fingerprint density at radius 3 is 2.67 bits per heavy atom. The summed E-state index contributed by atoms with van der Waals surface area (Å²) >= 11 is 0. The van der Waals surface area contributed by atoms with E-state index in [2.05, 4.69) is 20.0 Å². The van der Waals surface area contributed by atoms with Gasteiger partial charge in [0.15, 0.2) is 5.78 Å². The molecule has 0 amide bonds. The van der Waals surface area contributed by atoms with E-state index < -0.39 is 0 Å². The maximum atomic E-state index is 12.6. The molecule has 1 aliphatic heterocycles. The van der Waals surface area contributed by atoms with Crippen LogP contribution in [0.2, 0.25) is 0 Å². The van der Waals surface area contributed by atoms with Gasteiger partial charge < -0.3 is 4.90 Å². The molecule has 0 saturated carbocycles. The largest absolute Gasteiger partial charge is 0.356 e. The molecule has 0 bridgehead atoms. The highest BCUT2D eigenvalue weighted by molar-refractivity contribution is 5.97. The highest BCUT2D eigenvalue weighted by Crippen LogP contribution is 2.26. The Kier molecular flexibility index (Phi) is 3.72. The molecule has 24 heavy (non-hydrogen) atoms. The van der Waals surface area contributed by atoms with Crippen molar-refractivity contribution in [3.8, 4) is 0 Å². The van der Waals surface area contributed by atoms with E-state index in [4.69, 9.17) is 0 Å². The van der Waals surface area contributed by atoms with E-state index in [1.807, 2.05) is 43.3 Å². The number of nitrogens with zero attached hydrogens (tertiary/aromatic N) is 5. The Hall–Kier alpha value is -2.76. The molecule has 4 rings (SSSR count). The zero-order valence-electron chi connectivity index (χ0n) is 13.6. The maximum absolute atomic E-state index is 12.6. The van der Waals surface area contributed by atoms with Crippen LogP contribution >= 0.6 is 0 Å². The molecule has 6 nitrogen and oxygen atoms in total. The van der Waals surface area contributed by atoms with Crippen molar-refractivity contribution < 1.29 is 4.79 Å². The summed E-state index contributed by atoms with van der Waals surface area (Å²) in [6, 6.07) is 11.6. The minimum absolute atomic E-state index is 0.0952. The molecule has 0 unspecified atom stereocenters. The first-order valence-corrected chi connectivity index (χ1v) is 8.24. The van der Waals surface area contributed by atoms with Gasteiger partial charge in [-0.2, -0.15) is 14.6 Å². The average molecular weight is 321 g/mol. The zero-order valence-corrected chi connectivity index (χ0v) is 13.6. The molecule has 3 heterocycles. The number of anilines is 1. The summed E-state index contributed by atoms with van der Waals surface area (Å²) in [5.41, 5.74) is 1.74. The molecule has 1 saturated heterocycles. The van der Waals surface area contributed by atoms with Crippen molar-refractivity contribution in [1.82, 2.24) is 19.6 Å². The quantitative estimate of drug-likeness (QED) is 0.694. The van der Waals surface area contributed by atoms with E-state index in [0.29, 0.717) is 5.78 Å². The van der Waals surface area contributed by atoms with Crippen molar-refractivity contribution in [3.63, 3.8) is 0 Å². The van der Waals surface area contributed by atoms with Crippen molar-refractivity contribution in [2.45, 2.75) is 19.8 Å². The summed E-state index contributed by atoms with van der Waals surface area (Å²) in [5.74, 6) is 1.97. The van der Waals surface area contributed by atoms with Gasteiger partial charge >= 0.3 is 0 Å². The number of aryl methyl sites for hydroxylation is 1. The maximum Gasteiger partial charge on any atom is 0.254 e. The van der Waals surface area contributed by atoms with Gasteiger partial charge in [-0.25, -0.2) is 4.98 Å². The molecule has 1 fully saturated rings. The van der Waals surface area contributed by atoms with Crippen LogP contribution in [0.25, 0.3) is 5.78 Å². The van der Waals surface area contributed by atoms with Crippen molar-refractivity contribution in [1.29, 1.82) is 0 Å². The topological polar surface area (TPSA) is 63.4 Å². The fourth-order valence-electron chi connectivity index (χ4n) is 3.35. The number of carbonyl (C=O) groups excluding carboxylic acids is 1. The van der Waals surface area contributed by atoms with Crippen LogP contribution in [0.5, 0.6) is 0 Å². The second-order valence-corrected chi connectivity index (χ2v) is 6.22. The first-order valence-electron chi connectivity index (χ1n) is 8.24. The van der Waals surface area contributed by atoms with E-state index in [-0.39, 0.29) is 11.7 Å². The molecule has 1 aliphatic rings. The predicted molar refractivity (Wildman–Crippen MR) is 91.2 cm³/mol. The van der Waals surface area contributed by atoms with Crippen LogP contribution in [0.4, 0.5) is 5.82 Å². The first kappa shape index (κ1) is 14.8. The third-order valence-corrected chi connectivity index (χ3v) is 4.61. The lowest BCUT2D eigenvalue weighted by atomic mass is 9.89. The molecule has 0 spiro atoms. The number of rotatable bonds is 3. The summed E-state index contributed by atoms with van der Waals surface area (Å²) in [7, 11) is 0. The minimum atomic E-state index is 0.0952. The number of piperidine rings is 1. The van der Waals surface area contributed by atoms with Gasteiger partial charge in [0.1, 0.15) is 12.1 Å². The number of hydrogen-bond acceptors (Lipinski definition) is 5. The van der Waals surface area contributed by atoms with Crippen molar-refractivity contribution in [3.05, 3.63) is 54.0 Å². The summed E-state index contributed by atoms with van der Waals surface area (Å²) < 4.78 is 1.77. The Labute approximate surface area is 140 Å². The molecule has 6 heteroatoms. The van der Waals surface area contributed by atoms with Crippen LogP contribution in [0.15, 0.2) is 42.7 Å². The normalized spacial score (nSPS) is 15.8. The Balaban J connectivity index is 1.52. The van der Waals surface area contributed by atoms with Crippen LogP contribution < -0.4 is 4.90 Å². The van der Waals surface area contributed by atoms with Gasteiger partial charge in [0.05, 0.1) is 0 Å². The Morgan fingerprint density at radius 2 is 1.92 bits per heavy atom. The standard InChI is InChI=1S/C18H19N5O/c1-13-11-16(23-18(21-13)19-12-20-23)22-9-7-15(8-10-22)17(24)14-5-3-2-4-6-14/h2-6,11-12,15H,7-10H2,1H3. The van der Waals surface area contributed by atoms with Gasteiger partial charge in [0, 0.05) is 36.3 Å². The van der Waals surface area contributed by atoms with Crippen molar-refractivity contribution in [2.24, 2.45) is 5.92 Å². The second-order valence-electron chi connectivity index (χ2n) is 6.22. The van der Waals surface area contributed by atoms with Gasteiger partial charge in [-0.15, -0.1) is 0 Å². The SMILES string of the molecule is Cc1cc(N2CCC(C(=O)c3ccccc3)CC2)n2ncnc2n1. The number of hydrogen-bond donors (Lipinski definition) is 0. The number of Topliss-reactive ketones (excluding diaryl/α,β-unsaturated/α-hetero) is 1. The number of aromatic nitrogens is 4. The van der Waals surface area contributed by atoms with Crippen molar-refractivity contribution in [2.75, 3.05) is 18.0 Å². The van der Waals surface area contributed by atoms with Gasteiger partial charge in [-0.05, 0) is 19.8 Å². The zero-order chi connectivity index (χ0) is 16.5. The van der Waals surface area contributed by atoms with E-state index >= 15 is 0 Å². The lowest BCUT2D eigenvalue weighted by Gasteiger charge is -2.32. The van der Waals surface area contributed by atoms with Crippen LogP contribution in [0, 0.1) is 12.8 Å². The molecule has 1 aromatic carbocycles. The molecule has 3 aromatic rings. The highest BCUT2D eigenvalue weighted by atomic mass is 16.1. The highest BCUT2D eigenvalue weighted by Gasteiger charge is 2.27. The van der Waals surface area contributed by atoms with Crippen LogP contribution in [0.3, 0.4) is 0 Å². The monoisotopic (exact) mass is 321 g/mol. The first-order chi connectivity index (χ1) is 11.7. The minimum Gasteiger partial charge on any atom is -0.356 e. The molecule has 2 aromatic heterocycles. The lowest BCUT2D eigenvalue weighted by Crippen LogP contribution is -2.37. The molecule has 0 aliphatic carbocycles. The Morgan fingerprint density at radius 1 is 1.17 bits per heavy atom. The molecule has 0 N–H and O–H groups in total. The molecule has 0 atom stereocenters. The molecular weight excluding hydrogens is 302 g/mol. The Bertz CT molecular complexity index is 866. The predicted octanol–water partition coefficient (Wildman–Crippen LogP) is 2.53. The number of carbonyl (C=O) groups is 1. The molecule has 0 radical (unpaired) electrons. The number of fused-ring (bicyclic) bond motifs is 1. The van der Waals surface area contributed by atoms with Gasteiger partial charge in [-0.3, -0.25) is 4.79 Å². The van der Waals surface area contributed by atoms with Gasteiger partial charge in [-0.1, -0.05) is 30.3 Å². The number of benzene rings is 1. The summed E-state index contributed by atoms with van der Waals surface area (Å²) in [6.07, 6.45) is 3.23. The lowest BCUT2D eigenvalue weighted by molar-refractivity contribution is 0.0900. The summed E-state index contributed by atoms with van der Waals surface area (Å²) in [6.45, 7) is 3.63. The fourth-order valence-corrected chi connectivity index (χ4v) is 3.35. The van der Waals surface area contributed by atoms with E-state index in [9.17, 15) is 4.79 Å². The third kappa shape index (κ3) is 2.64. The molecule has 122 valence electrons.